The highest BCUT2D eigenvalue weighted by atomic mass is 19.1. The summed E-state index contributed by atoms with van der Waals surface area (Å²) in [7, 11) is 0. The quantitative estimate of drug-likeness (QED) is 0.640. The topological polar surface area (TPSA) is 87.9 Å². The number of anilines is 2. The number of rotatable bonds is 3. The molecule has 0 radical (unpaired) electrons. The van der Waals surface area contributed by atoms with Gasteiger partial charge < -0.3 is 25.0 Å². The fraction of sp³-hybridized carbons (Fsp3) is 0.480. The zero-order valence-electron chi connectivity index (χ0n) is 19.4. The Bertz CT molecular complexity index is 1160. The van der Waals surface area contributed by atoms with Crippen molar-refractivity contribution in [2.24, 2.45) is 5.92 Å². The van der Waals surface area contributed by atoms with E-state index in [0.29, 0.717) is 30.1 Å². The number of nitrogens with zero attached hydrogens (tertiary/aromatic N) is 2. The smallest absolute Gasteiger partial charge is 0.323 e. The molecule has 0 saturated carbocycles. The number of piperidine rings is 2. The van der Waals surface area contributed by atoms with Crippen LogP contribution in [0.1, 0.15) is 37.8 Å². The second kappa shape index (κ2) is 9.21. The molecule has 3 aliphatic rings. The second-order valence-electron chi connectivity index (χ2n) is 9.82. The van der Waals surface area contributed by atoms with Crippen LogP contribution in [0.3, 0.4) is 0 Å². The number of halogens is 1. The van der Waals surface area contributed by atoms with Crippen LogP contribution in [0.25, 0.3) is 0 Å². The Hall–Kier alpha value is -3.20. The molecule has 2 saturated heterocycles. The van der Waals surface area contributed by atoms with Gasteiger partial charge in [-0.1, -0.05) is 6.07 Å². The van der Waals surface area contributed by atoms with Gasteiger partial charge in [0.2, 0.25) is 5.91 Å². The van der Waals surface area contributed by atoms with Crippen molar-refractivity contribution in [2.45, 2.75) is 44.7 Å². The SMILES string of the molecule is CC(=O)N1CCC([NH+]2C[C@@H]3C[C@H](C2)c2ccc(NC(=O)Nc4cccc(F)c4)c(=O)n2C3)CC1. The van der Waals surface area contributed by atoms with Crippen LogP contribution >= 0.6 is 0 Å². The lowest BCUT2D eigenvalue weighted by Crippen LogP contribution is -3.18. The second-order valence-corrected chi connectivity index (χ2v) is 9.82. The van der Waals surface area contributed by atoms with E-state index in [9.17, 15) is 18.8 Å². The number of hydrogen-bond acceptors (Lipinski definition) is 3. The van der Waals surface area contributed by atoms with Crippen molar-refractivity contribution in [2.75, 3.05) is 36.8 Å². The molecule has 0 aliphatic carbocycles. The summed E-state index contributed by atoms with van der Waals surface area (Å²) in [6.07, 6.45) is 3.15. The Morgan fingerprint density at radius 2 is 1.88 bits per heavy atom. The predicted molar refractivity (Wildman–Crippen MR) is 127 cm³/mol. The number of urea groups is 1. The maximum absolute atomic E-state index is 13.4. The number of quaternary nitrogens is 1. The van der Waals surface area contributed by atoms with Gasteiger partial charge in [-0.05, 0) is 36.8 Å². The number of carbonyl (C=O) groups is 2. The molecular weight excluding hydrogens is 437 g/mol. The normalized spacial score (nSPS) is 24.3. The van der Waals surface area contributed by atoms with Crippen LogP contribution < -0.4 is 21.1 Å². The summed E-state index contributed by atoms with van der Waals surface area (Å²) < 4.78 is 15.2. The van der Waals surface area contributed by atoms with Crippen molar-refractivity contribution in [3.05, 3.63) is 58.3 Å². The van der Waals surface area contributed by atoms with E-state index in [1.54, 1.807) is 24.0 Å². The predicted octanol–water partition coefficient (Wildman–Crippen LogP) is 1.64. The number of hydrogen-bond donors (Lipinski definition) is 3. The first-order chi connectivity index (χ1) is 16.4. The van der Waals surface area contributed by atoms with E-state index in [-0.39, 0.29) is 17.2 Å². The first-order valence-electron chi connectivity index (χ1n) is 12.0. The number of carbonyl (C=O) groups excluding carboxylic acids is 2. The molecule has 3 amide bonds. The van der Waals surface area contributed by atoms with Crippen LogP contribution in [0.5, 0.6) is 0 Å². The largest absolute Gasteiger partial charge is 0.342 e. The zero-order valence-corrected chi connectivity index (χ0v) is 19.4. The number of fused-ring (bicyclic) bond motifs is 4. The van der Waals surface area contributed by atoms with Crippen molar-refractivity contribution >= 4 is 23.3 Å². The molecule has 1 aromatic heterocycles. The van der Waals surface area contributed by atoms with Crippen LogP contribution in [0.4, 0.5) is 20.6 Å². The maximum atomic E-state index is 13.4. The Labute approximate surface area is 197 Å². The third kappa shape index (κ3) is 4.57. The Morgan fingerprint density at radius 3 is 2.62 bits per heavy atom. The van der Waals surface area contributed by atoms with E-state index < -0.39 is 11.8 Å². The van der Waals surface area contributed by atoms with Crippen molar-refractivity contribution in [3.63, 3.8) is 0 Å². The molecule has 34 heavy (non-hydrogen) atoms. The van der Waals surface area contributed by atoms with Gasteiger partial charge in [0.1, 0.15) is 11.5 Å². The first-order valence-corrected chi connectivity index (χ1v) is 12.0. The Balaban J connectivity index is 1.27. The summed E-state index contributed by atoms with van der Waals surface area (Å²) >= 11 is 0. The summed E-state index contributed by atoms with van der Waals surface area (Å²) in [5, 5.41) is 5.19. The zero-order chi connectivity index (χ0) is 23.8. The van der Waals surface area contributed by atoms with Gasteiger partial charge in [0, 0.05) is 62.6 Å². The molecule has 3 atom stereocenters. The number of likely N-dealkylation sites (tertiary alicyclic amines) is 2. The molecule has 1 unspecified atom stereocenters. The summed E-state index contributed by atoms with van der Waals surface area (Å²) in [6.45, 7) is 5.99. The lowest BCUT2D eigenvalue weighted by atomic mass is 9.82. The molecule has 5 rings (SSSR count). The molecule has 3 aliphatic heterocycles. The molecule has 4 heterocycles. The number of nitrogens with one attached hydrogen (secondary N) is 3. The van der Waals surface area contributed by atoms with Crippen LogP contribution in [-0.4, -0.2) is 53.6 Å². The lowest BCUT2D eigenvalue weighted by Gasteiger charge is -2.45. The molecular formula is C25H31FN5O3+. The maximum Gasteiger partial charge on any atom is 0.323 e. The molecule has 180 valence electrons. The minimum atomic E-state index is -0.577. The standard InChI is InChI=1S/C25H30FN5O3/c1-16(32)29-9-7-21(8-10-29)30-13-17-11-18(15-30)23-6-5-22(24(33)31(23)14-17)28-25(34)27-20-4-2-3-19(26)12-20/h2-6,12,17-18,21H,7-11,13-15H2,1H3,(H2,27,28,34)/p+1/t17-,18+/m0/s1. The van der Waals surface area contributed by atoms with E-state index >= 15 is 0 Å². The van der Waals surface area contributed by atoms with Crippen molar-refractivity contribution in [1.29, 1.82) is 0 Å². The van der Waals surface area contributed by atoms with E-state index in [4.69, 9.17) is 0 Å². The van der Waals surface area contributed by atoms with Crippen LogP contribution in [-0.2, 0) is 11.3 Å². The van der Waals surface area contributed by atoms with Gasteiger partial charge in [-0.3, -0.25) is 9.59 Å². The van der Waals surface area contributed by atoms with Gasteiger partial charge in [0.25, 0.3) is 5.56 Å². The van der Waals surface area contributed by atoms with Gasteiger partial charge in [-0.2, -0.15) is 0 Å². The number of pyridine rings is 1. The fourth-order valence-electron chi connectivity index (χ4n) is 5.98. The van der Waals surface area contributed by atoms with Crippen molar-refractivity contribution in [1.82, 2.24) is 9.47 Å². The van der Waals surface area contributed by atoms with Crippen LogP contribution in [0.15, 0.2) is 41.2 Å². The number of aromatic nitrogens is 1. The van der Waals surface area contributed by atoms with Crippen LogP contribution in [0.2, 0.25) is 0 Å². The average molecular weight is 469 g/mol. The van der Waals surface area contributed by atoms with Gasteiger partial charge in [-0.15, -0.1) is 0 Å². The van der Waals surface area contributed by atoms with E-state index in [2.05, 4.69) is 10.6 Å². The summed E-state index contributed by atoms with van der Waals surface area (Å²) in [4.78, 5) is 40.7. The van der Waals surface area contributed by atoms with Crippen molar-refractivity contribution < 1.29 is 18.9 Å². The third-order valence-corrected chi connectivity index (χ3v) is 7.59. The van der Waals surface area contributed by atoms with Crippen molar-refractivity contribution in [3.8, 4) is 0 Å². The van der Waals surface area contributed by atoms with Gasteiger partial charge in [-0.25, -0.2) is 9.18 Å². The fourth-order valence-corrected chi connectivity index (χ4v) is 5.98. The molecule has 2 aromatic rings. The molecule has 0 spiro atoms. The summed E-state index contributed by atoms with van der Waals surface area (Å²) in [5.74, 6) is 0.447. The van der Waals surface area contributed by atoms with Gasteiger partial charge in [0.15, 0.2) is 0 Å². The molecule has 3 N–H and O–H groups in total. The molecule has 1 aromatic carbocycles. The monoisotopic (exact) mass is 468 g/mol. The molecule has 2 fully saturated rings. The van der Waals surface area contributed by atoms with E-state index in [1.807, 2.05) is 15.5 Å². The van der Waals surface area contributed by atoms with Gasteiger partial charge >= 0.3 is 6.03 Å². The van der Waals surface area contributed by atoms with Crippen LogP contribution in [0, 0.1) is 11.7 Å². The summed E-state index contributed by atoms with van der Waals surface area (Å²) in [5.41, 5.74) is 1.39. The minimum Gasteiger partial charge on any atom is -0.342 e. The average Bonchev–Trinajstić information content (AvgIpc) is 2.81. The number of amides is 3. The highest BCUT2D eigenvalue weighted by Crippen LogP contribution is 2.31. The summed E-state index contributed by atoms with van der Waals surface area (Å²) in [6, 6.07) is 9.24. The highest BCUT2D eigenvalue weighted by Gasteiger charge is 2.41. The van der Waals surface area contributed by atoms with Gasteiger partial charge in [0.05, 0.1) is 19.1 Å². The number of benzene rings is 1. The highest BCUT2D eigenvalue weighted by molar-refractivity contribution is 5.99. The Morgan fingerprint density at radius 1 is 1.09 bits per heavy atom. The first kappa shape index (κ1) is 22.6. The van der Waals surface area contributed by atoms with E-state index in [1.165, 1.54) is 18.2 Å². The van der Waals surface area contributed by atoms with E-state index in [0.717, 1.165) is 51.1 Å². The lowest BCUT2D eigenvalue weighted by molar-refractivity contribution is -0.937. The molecule has 8 nitrogen and oxygen atoms in total. The Kier molecular flexibility index (Phi) is 6.12. The molecule has 2 bridgehead atoms. The third-order valence-electron chi connectivity index (χ3n) is 7.59. The molecule has 9 heteroatoms. The minimum absolute atomic E-state index is 0.159.